The monoisotopic (exact) mass is 458 g/mol. The van der Waals surface area contributed by atoms with Crippen LogP contribution in [-0.4, -0.2) is 46.1 Å². The maximum Gasteiger partial charge on any atom is 0.196 e. The van der Waals surface area contributed by atoms with Gasteiger partial charge in [0.2, 0.25) is 0 Å². The summed E-state index contributed by atoms with van der Waals surface area (Å²) in [6.45, 7) is 6.16. The van der Waals surface area contributed by atoms with Gasteiger partial charge in [-0.15, -0.1) is 10.2 Å². The first-order chi connectivity index (χ1) is 14.8. The Kier molecular flexibility index (Phi) is 7.75. The number of ether oxygens (including phenoxy) is 1. The van der Waals surface area contributed by atoms with Crippen LogP contribution >= 0.6 is 23.4 Å². The molecule has 164 valence electrons. The number of hydrogen-bond acceptors (Lipinski definition) is 6. The van der Waals surface area contributed by atoms with Crippen molar-refractivity contribution < 1.29 is 9.53 Å². The van der Waals surface area contributed by atoms with Crippen LogP contribution < -0.4 is 4.74 Å². The standard InChI is InChI=1S/C23H27ClN4O2S/c1-6-30-21-12-7-17(16(3)29)13-18(21)14-31-23-26-25-22(15(2)27(4)5)28(23)20-10-8-19(24)9-11-20/h7-13,15H,6,14H2,1-5H3/t15-/m1/s1. The van der Waals surface area contributed by atoms with Gasteiger partial charge in [0.25, 0.3) is 0 Å². The van der Waals surface area contributed by atoms with Crippen LogP contribution in [0.4, 0.5) is 0 Å². The molecule has 0 fully saturated rings. The number of halogens is 1. The highest BCUT2D eigenvalue weighted by Gasteiger charge is 2.21. The molecule has 0 N–H and O–H groups in total. The molecule has 0 amide bonds. The van der Waals surface area contributed by atoms with Crippen LogP contribution in [0.25, 0.3) is 5.69 Å². The molecule has 6 nitrogen and oxygen atoms in total. The summed E-state index contributed by atoms with van der Waals surface area (Å²) in [5, 5.41) is 10.4. The predicted molar refractivity (Wildman–Crippen MR) is 126 cm³/mol. The van der Waals surface area contributed by atoms with Crippen LogP contribution in [-0.2, 0) is 5.75 Å². The van der Waals surface area contributed by atoms with Crippen LogP contribution in [0.15, 0.2) is 47.6 Å². The summed E-state index contributed by atoms with van der Waals surface area (Å²) in [4.78, 5) is 14.0. The number of Topliss-reactive ketones (excluding diaryl/α,β-unsaturated/α-hetero) is 1. The molecule has 0 aliphatic rings. The van der Waals surface area contributed by atoms with E-state index in [1.54, 1.807) is 24.8 Å². The lowest BCUT2D eigenvalue weighted by Crippen LogP contribution is -2.20. The quantitative estimate of drug-likeness (QED) is 0.314. The van der Waals surface area contributed by atoms with Crippen molar-refractivity contribution >= 4 is 29.1 Å². The van der Waals surface area contributed by atoms with Gasteiger partial charge in [0, 0.05) is 27.6 Å². The molecule has 1 heterocycles. The summed E-state index contributed by atoms with van der Waals surface area (Å²) >= 11 is 7.66. The van der Waals surface area contributed by atoms with Gasteiger partial charge in [0.05, 0.1) is 12.6 Å². The Hall–Kier alpha value is -2.35. The van der Waals surface area contributed by atoms with E-state index >= 15 is 0 Å². The Labute approximate surface area is 192 Å². The summed E-state index contributed by atoms with van der Waals surface area (Å²) in [6, 6.07) is 13.3. The number of nitrogens with zero attached hydrogens (tertiary/aromatic N) is 4. The van der Waals surface area contributed by atoms with Gasteiger partial charge in [-0.2, -0.15) is 0 Å². The Morgan fingerprint density at radius 3 is 2.52 bits per heavy atom. The number of rotatable bonds is 9. The lowest BCUT2D eigenvalue weighted by atomic mass is 10.1. The van der Waals surface area contributed by atoms with Gasteiger partial charge in [0.15, 0.2) is 16.8 Å². The molecule has 0 radical (unpaired) electrons. The van der Waals surface area contributed by atoms with Gasteiger partial charge in [-0.3, -0.25) is 14.3 Å². The van der Waals surface area contributed by atoms with E-state index in [4.69, 9.17) is 16.3 Å². The van der Waals surface area contributed by atoms with Crippen LogP contribution in [0, 0.1) is 0 Å². The minimum Gasteiger partial charge on any atom is -0.494 e. The molecule has 0 unspecified atom stereocenters. The first-order valence-electron chi connectivity index (χ1n) is 10.1. The minimum atomic E-state index is 0.0284. The number of thioether (sulfide) groups is 1. The molecule has 3 rings (SSSR count). The van der Waals surface area contributed by atoms with Crippen LogP contribution in [0.5, 0.6) is 5.75 Å². The van der Waals surface area contributed by atoms with Gasteiger partial charge in [-0.25, -0.2) is 0 Å². The van der Waals surface area contributed by atoms with Crippen molar-refractivity contribution in [3.8, 4) is 11.4 Å². The van der Waals surface area contributed by atoms with Gasteiger partial charge in [-0.05, 0) is 77.3 Å². The lowest BCUT2D eigenvalue weighted by Gasteiger charge is -2.20. The molecular weight excluding hydrogens is 432 g/mol. The molecule has 0 saturated heterocycles. The van der Waals surface area contributed by atoms with E-state index in [0.717, 1.165) is 28.0 Å². The van der Waals surface area contributed by atoms with E-state index in [-0.39, 0.29) is 11.8 Å². The van der Waals surface area contributed by atoms with Crippen LogP contribution in [0.2, 0.25) is 5.02 Å². The Morgan fingerprint density at radius 2 is 1.90 bits per heavy atom. The van der Waals surface area contributed by atoms with E-state index in [1.807, 2.05) is 57.4 Å². The number of carbonyl (C=O) groups is 1. The zero-order valence-electron chi connectivity index (χ0n) is 18.4. The fraction of sp³-hybridized carbons (Fsp3) is 0.348. The third-order valence-corrected chi connectivity index (χ3v) is 6.24. The molecular formula is C23H27ClN4O2S. The molecule has 1 aromatic heterocycles. The third kappa shape index (κ3) is 5.47. The van der Waals surface area contributed by atoms with Gasteiger partial charge in [-0.1, -0.05) is 23.4 Å². The second-order valence-electron chi connectivity index (χ2n) is 7.39. The molecule has 0 aliphatic heterocycles. The first-order valence-corrected chi connectivity index (χ1v) is 11.4. The highest BCUT2D eigenvalue weighted by molar-refractivity contribution is 7.98. The van der Waals surface area contributed by atoms with Crippen LogP contribution in [0.3, 0.4) is 0 Å². The Morgan fingerprint density at radius 1 is 1.19 bits per heavy atom. The third-order valence-electron chi connectivity index (χ3n) is 5.02. The van der Waals surface area contributed by atoms with Crippen molar-refractivity contribution in [2.24, 2.45) is 0 Å². The van der Waals surface area contributed by atoms with Crippen molar-refractivity contribution in [3.63, 3.8) is 0 Å². The predicted octanol–water partition coefficient (Wildman–Crippen LogP) is 5.44. The number of carbonyl (C=O) groups excluding carboxylic acids is 1. The summed E-state index contributed by atoms with van der Waals surface area (Å²) in [6.07, 6.45) is 0. The zero-order valence-corrected chi connectivity index (χ0v) is 20.0. The normalized spacial score (nSPS) is 12.2. The molecule has 1 atom stereocenters. The Bertz CT molecular complexity index is 1050. The van der Waals surface area contributed by atoms with Crippen molar-refractivity contribution in [1.82, 2.24) is 19.7 Å². The molecule has 8 heteroatoms. The van der Waals surface area contributed by atoms with Crippen molar-refractivity contribution in [2.75, 3.05) is 20.7 Å². The minimum absolute atomic E-state index is 0.0284. The second kappa shape index (κ2) is 10.3. The van der Waals surface area contributed by atoms with E-state index in [9.17, 15) is 4.79 Å². The number of hydrogen-bond donors (Lipinski definition) is 0. The van der Waals surface area contributed by atoms with Crippen molar-refractivity contribution in [1.29, 1.82) is 0 Å². The fourth-order valence-electron chi connectivity index (χ4n) is 3.06. The van der Waals surface area contributed by atoms with Crippen molar-refractivity contribution in [2.45, 2.75) is 37.7 Å². The summed E-state index contributed by atoms with van der Waals surface area (Å²) in [5.41, 5.74) is 2.57. The van der Waals surface area contributed by atoms with E-state index in [2.05, 4.69) is 26.6 Å². The largest absolute Gasteiger partial charge is 0.494 e. The van der Waals surface area contributed by atoms with E-state index in [0.29, 0.717) is 22.9 Å². The molecule has 3 aromatic rings. The maximum absolute atomic E-state index is 11.9. The zero-order chi connectivity index (χ0) is 22.5. The summed E-state index contributed by atoms with van der Waals surface area (Å²) < 4.78 is 7.83. The first kappa shape index (κ1) is 23.3. The summed E-state index contributed by atoms with van der Waals surface area (Å²) in [7, 11) is 4.03. The highest BCUT2D eigenvalue weighted by Crippen LogP contribution is 2.32. The van der Waals surface area contributed by atoms with E-state index < -0.39 is 0 Å². The number of ketones is 1. The van der Waals surface area contributed by atoms with Gasteiger partial charge >= 0.3 is 0 Å². The second-order valence-corrected chi connectivity index (χ2v) is 8.77. The summed E-state index contributed by atoms with van der Waals surface area (Å²) in [5.74, 6) is 2.25. The highest BCUT2D eigenvalue weighted by atomic mass is 35.5. The lowest BCUT2D eigenvalue weighted by molar-refractivity contribution is 0.101. The average molecular weight is 459 g/mol. The molecule has 0 spiro atoms. The van der Waals surface area contributed by atoms with Crippen LogP contribution in [0.1, 0.15) is 48.6 Å². The number of aromatic nitrogens is 3. The molecule has 0 bridgehead atoms. The SMILES string of the molecule is CCOc1ccc(C(C)=O)cc1CSc1nnc([C@@H](C)N(C)C)n1-c1ccc(Cl)cc1. The molecule has 2 aromatic carbocycles. The molecule has 0 saturated carbocycles. The number of benzene rings is 2. The fourth-order valence-corrected chi connectivity index (χ4v) is 4.12. The molecule has 31 heavy (non-hydrogen) atoms. The Balaban J connectivity index is 1.98. The molecule has 0 aliphatic carbocycles. The van der Waals surface area contributed by atoms with Gasteiger partial charge < -0.3 is 4.74 Å². The maximum atomic E-state index is 11.9. The van der Waals surface area contributed by atoms with Crippen molar-refractivity contribution in [3.05, 3.63) is 64.4 Å². The topological polar surface area (TPSA) is 60.2 Å². The smallest absolute Gasteiger partial charge is 0.196 e. The van der Waals surface area contributed by atoms with E-state index in [1.165, 1.54) is 0 Å². The van der Waals surface area contributed by atoms with Gasteiger partial charge in [0.1, 0.15) is 5.75 Å². The average Bonchev–Trinajstić information content (AvgIpc) is 3.16.